The summed E-state index contributed by atoms with van der Waals surface area (Å²) in [5, 5.41) is 6.09. The summed E-state index contributed by atoms with van der Waals surface area (Å²) in [6.07, 6.45) is 3.80. The Labute approximate surface area is 204 Å². The summed E-state index contributed by atoms with van der Waals surface area (Å²) in [5.74, 6) is -1.69. The first-order chi connectivity index (χ1) is 16.5. The molecule has 1 heterocycles. The lowest BCUT2D eigenvalue weighted by Crippen LogP contribution is -2.16. The standard InChI is InChI=1S/C25H23FN2O4S2/c1-32-25(31)22-18-10-3-5-12-20(18)34-24(22)28-21(29)14-33-16-8-6-7-15(13-16)27-23(30)17-9-2-4-11-19(17)26/h2,4,6-9,11,13H,3,5,10,12,14H2,1H3,(H,27,30)(H,28,29). The number of esters is 1. The van der Waals surface area contributed by atoms with Crippen LogP contribution in [-0.2, 0) is 22.4 Å². The Balaban J connectivity index is 1.39. The number of anilines is 2. The molecule has 0 saturated heterocycles. The van der Waals surface area contributed by atoms with Crippen LogP contribution in [0, 0.1) is 5.82 Å². The number of carbonyl (C=O) groups excluding carboxylic acids is 3. The Morgan fingerprint density at radius 3 is 2.65 bits per heavy atom. The SMILES string of the molecule is COC(=O)c1c(NC(=O)CSc2cccc(NC(=O)c3ccccc3F)c2)sc2c1CCCC2. The zero-order valence-electron chi connectivity index (χ0n) is 18.5. The number of rotatable bonds is 7. The molecule has 2 amide bonds. The highest BCUT2D eigenvalue weighted by Crippen LogP contribution is 2.38. The van der Waals surface area contributed by atoms with Crippen LogP contribution in [0.3, 0.4) is 0 Å². The molecule has 0 radical (unpaired) electrons. The molecule has 0 fully saturated rings. The molecule has 0 unspecified atom stereocenters. The van der Waals surface area contributed by atoms with Crippen LogP contribution >= 0.6 is 23.1 Å². The fraction of sp³-hybridized carbons (Fsp3) is 0.240. The molecule has 3 aromatic rings. The van der Waals surface area contributed by atoms with E-state index < -0.39 is 17.7 Å². The molecule has 1 aliphatic carbocycles. The number of methoxy groups -OCH3 is 1. The maximum Gasteiger partial charge on any atom is 0.341 e. The number of fused-ring (bicyclic) bond motifs is 1. The van der Waals surface area contributed by atoms with Crippen LogP contribution in [0.5, 0.6) is 0 Å². The minimum absolute atomic E-state index is 0.0417. The fourth-order valence-electron chi connectivity index (χ4n) is 3.79. The van der Waals surface area contributed by atoms with Crippen molar-refractivity contribution in [2.45, 2.75) is 30.6 Å². The zero-order chi connectivity index (χ0) is 24.1. The van der Waals surface area contributed by atoms with Crippen molar-refractivity contribution in [1.82, 2.24) is 0 Å². The minimum Gasteiger partial charge on any atom is -0.465 e. The minimum atomic E-state index is -0.594. The molecular formula is C25H23FN2O4S2. The topological polar surface area (TPSA) is 84.5 Å². The second kappa shape index (κ2) is 10.8. The van der Waals surface area contributed by atoms with Gasteiger partial charge in [0.25, 0.3) is 5.91 Å². The van der Waals surface area contributed by atoms with Gasteiger partial charge >= 0.3 is 5.97 Å². The van der Waals surface area contributed by atoms with Crippen molar-refractivity contribution in [2.75, 3.05) is 23.5 Å². The van der Waals surface area contributed by atoms with E-state index in [0.717, 1.165) is 41.0 Å². The molecule has 2 N–H and O–H groups in total. The fourth-order valence-corrected chi connectivity index (χ4v) is 5.84. The lowest BCUT2D eigenvalue weighted by Gasteiger charge is -2.11. The Hall–Kier alpha value is -3.17. The number of thiophene rings is 1. The summed E-state index contributed by atoms with van der Waals surface area (Å²) < 4.78 is 18.8. The van der Waals surface area contributed by atoms with E-state index >= 15 is 0 Å². The second-order valence-corrected chi connectivity index (χ2v) is 9.86. The van der Waals surface area contributed by atoms with Crippen LogP contribution in [0.15, 0.2) is 53.4 Å². The van der Waals surface area contributed by atoms with Gasteiger partial charge in [0.2, 0.25) is 5.91 Å². The van der Waals surface area contributed by atoms with Gasteiger partial charge in [-0.05, 0) is 61.6 Å². The van der Waals surface area contributed by atoms with Crippen molar-refractivity contribution < 1.29 is 23.5 Å². The summed E-state index contributed by atoms with van der Waals surface area (Å²) in [6.45, 7) is 0. The Morgan fingerprint density at radius 2 is 1.85 bits per heavy atom. The number of nitrogens with one attached hydrogen (secondary N) is 2. The van der Waals surface area contributed by atoms with Gasteiger partial charge in [0.1, 0.15) is 10.8 Å². The van der Waals surface area contributed by atoms with Gasteiger partial charge in [-0.2, -0.15) is 0 Å². The molecule has 0 spiro atoms. The Bertz CT molecular complexity index is 1240. The van der Waals surface area contributed by atoms with E-state index in [1.807, 2.05) is 6.07 Å². The molecule has 0 atom stereocenters. The molecule has 1 aromatic heterocycles. The highest BCUT2D eigenvalue weighted by atomic mass is 32.2. The molecule has 0 saturated carbocycles. The van der Waals surface area contributed by atoms with Crippen molar-refractivity contribution in [3.05, 3.63) is 75.9 Å². The Kier molecular flexibility index (Phi) is 7.64. The Morgan fingerprint density at radius 1 is 1.06 bits per heavy atom. The molecule has 4 rings (SSSR count). The number of ether oxygens (including phenoxy) is 1. The van der Waals surface area contributed by atoms with E-state index in [9.17, 15) is 18.8 Å². The third-order valence-electron chi connectivity index (χ3n) is 5.39. The molecule has 6 nitrogen and oxygen atoms in total. The number of hydrogen-bond acceptors (Lipinski definition) is 6. The lowest BCUT2D eigenvalue weighted by molar-refractivity contribution is -0.113. The molecule has 9 heteroatoms. The number of thioether (sulfide) groups is 1. The second-order valence-electron chi connectivity index (χ2n) is 7.71. The van der Waals surface area contributed by atoms with Crippen LogP contribution in [0.1, 0.15) is 44.0 Å². The van der Waals surface area contributed by atoms with E-state index in [0.29, 0.717) is 16.3 Å². The van der Waals surface area contributed by atoms with Crippen molar-refractivity contribution in [2.24, 2.45) is 0 Å². The summed E-state index contributed by atoms with van der Waals surface area (Å²) >= 11 is 2.74. The molecule has 1 aliphatic rings. The van der Waals surface area contributed by atoms with Gasteiger partial charge in [-0.25, -0.2) is 9.18 Å². The van der Waals surface area contributed by atoms with E-state index in [1.165, 1.54) is 48.4 Å². The van der Waals surface area contributed by atoms with Gasteiger partial charge in [-0.15, -0.1) is 23.1 Å². The van der Waals surface area contributed by atoms with E-state index in [-0.39, 0.29) is 17.2 Å². The lowest BCUT2D eigenvalue weighted by atomic mass is 9.95. The van der Waals surface area contributed by atoms with E-state index in [4.69, 9.17) is 4.74 Å². The van der Waals surface area contributed by atoms with E-state index in [2.05, 4.69) is 10.6 Å². The van der Waals surface area contributed by atoms with Gasteiger partial charge in [-0.1, -0.05) is 18.2 Å². The normalized spacial score (nSPS) is 12.5. The largest absolute Gasteiger partial charge is 0.465 e. The van der Waals surface area contributed by atoms with Crippen LogP contribution in [-0.4, -0.2) is 30.6 Å². The maximum atomic E-state index is 13.8. The molecule has 0 aliphatic heterocycles. The number of hydrogen-bond donors (Lipinski definition) is 2. The van der Waals surface area contributed by atoms with Crippen molar-refractivity contribution >= 4 is 51.6 Å². The van der Waals surface area contributed by atoms with Gasteiger partial charge in [-0.3, -0.25) is 9.59 Å². The summed E-state index contributed by atoms with van der Waals surface area (Å²) in [4.78, 5) is 39.3. The average Bonchev–Trinajstić information content (AvgIpc) is 3.20. The first kappa shape index (κ1) is 24.0. The number of carbonyl (C=O) groups is 3. The van der Waals surface area contributed by atoms with Crippen LogP contribution in [0.2, 0.25) is 0 Å². The van der Waals surface area contributed by atoms with Gasteiger partial charge in [0.15, 0.2) is 0 Å². The van der Waals surface area contributed by atoms with Gasteiger partial charge < -0.3 is 15.4 Å². The highest BCUT2D eigenvalue weighted by molar-refractivity contribution is 8.00. The molecule has 2 aromatic carbocycles. The van der Waals surface area contributed by atoms with Gasteiger partial charge in [0, 0.05) is 15.5 Å². The maximum absolute atomic E-state index is 13.8. The van der Waals surface area contributed by atoms with Crippen molar-refractivity contribution in [1.29, 1.82) is 0 Å². The summed E-state index contributed by atoms with van der Waals surface area (Å²) in [7, 11) is 1.34. The van der Waals surface area contributed by atoms with Crippen molar-refractivity contribution in [3.8, 4) is 0 Å². The smallest absolute Gasteiger partial charge is 0.341 e. The van der Waals surface area contributed by atoms with Crippen LogP contribution in [0.4, 0.5) is 15.1 Å². The number of benzene rings is 2. The van der Waals surface area contributed by atoms with Crippen LogP contribution < -0.4 is 10.6 Å². The number of amides is 2. The predicted molar refractivity (Wildman–Crippen MR) is 132 cm³/mol. The zero-order valence-corrected chi connectivity index (χ0v) is 20.1. The number of halogens is 1. The van der Waals surface area contributed by atoms with Crippen LogP contribution in [0.25, 0.3) is 0 Å². The number of aryl methyl sites for hydroxylation is 1. The van der Waals surface area contributed by atoms with E-state index in [1.54, 1.807) is 24.3 Å². The molecule has 34 heavy (non-hydrogen) atoms. The summed E-state index contributed by atoms with van der Waals surface area (Å²) in [6, 6.07) is 12.8. The molecule has 0 bridgehead atoms. The third kappa shape index (κ3) is 5.48. The highest BCUT2D eigenvalue weighted by Gasteiger charge is 2.26. The quantitative estimate of drug-likeness (QED) is 0.330. The monoisotopic (exact) mass is 498 g/mol. The first-order valence-corrected chi connectivity index (χ1v) is 12.6. The first-order valence-electron chi connectivity index (χ1n) is 10.8. The average molecular weight is 499 g/mol. The summed E-state index contributed by atoms with van der Waals surface area (Å²) in [5.41, 5.74) is 1.92. The van der Waals surface area contributed by atoms with Crippen molar-refractivity contribution in [3.63, 3.8) is 0 Å². The van der Waals surface area contributed by atoms with Gasteiger partial charge in [0.05, 0.1) is 24.0 Å². The third-order valence-corrected chi connectivity index (χ3v) is 7.60. The molecular weight excluding hydrogens is 475 g/mol. The molecule has 176 valence electrons. The predicted octanol–water partition coefficient (Wildman–Crippen LogP) is 5.54.